The third kappa shape index (κ3) is 2.33. The Balaban J connectivity index is 2.22. The van der Waals surface area contributed by atoms with Crippen LogP contribution in [0, 0.1) is 12.7 Å². The van der Waals surface area contributed by atoms with E-state index in [1.807, 2.05) is 0 Å². The molecular formula is C15H12FN3O4. The molecule has 8 heteroatoms. The number of hydrogen-bond acceptors (Lipinski definition) is 4. The number of aryl methyl sites for hydroxylation is 1. The number of hydrogen-bond donors (Lipinski definition) is 3. The van der Waals surface area contributed by atoms with Crippen LogP contribution in [-0.2, 0) is 6.42 Å². The first-order valence-electron chi connectivity index (χ1n) is 6.70. The van der Waals surface area contributed by atoms with Gasteiger partial charge in [-0.2, -0.15) is 9.61 Å². The third-order valence-electron chi connectivity index (χ3n) is 3.58. The minimum absolute atomic E-state index is 0.0953. The molecule has 0 aliphatic heterocycles. The second-order valence-corrected chi connectivity index (χ2v) is 5.05. The van der Waals surface area contributed by atoms with Crippen LogP contribution in [0.4, 0.5) is 4.39 Å². The summed E-state index contributed by atoms with van der Waals surface area (Å²) in [5.74, 6) is -2.29. The van der Waals surface area contributed by atoms with Crippen LogP contribution < -0.4 is 5.56 Å². The van der Waals surface area contributed by atoms with Gasteiger partial charge in [-0.1, -0.05) is 18.2 Å². The molecule has 2 aromatic heterocycles. The van der Waals surface area contributed by atoms with Crippen molar-refractivity contribution < 1.29 is 19.4 Å². The van der Waals surface area contributed by atoms with Crippen LogP contribution in [0.1, 0.15) is 27.2 Å². The zero-order chi connectivity index (χ0) is 16.7. The lowest BCUT2D eigenvalue weighted by Gasteiger charge is -2.06. The number of nitrogens with zero attached hydrogens (tertiary/aromatic N) is 2. The molecule has 0 saturated heterocycles. The SMILES string of the molecule is Cc1nn2c(O)c(Cc3ccccc3F)c(=O)[nH]c2c1C(=O)O. The van der Waals surface area contributed by atoms with Crippen molar-refractivity contribution >= 4 is 11.6 Å². The van der Waals surface area contributed by atoms with Crippen molar-refractivity contribution in [3.8, 4) is 5.88 Å². The van der Waals surface area contributed by atoms with Gasteiger partial charge in [0.05, 0.1) is 11.3 Å². The fourth-order valence-electron chi connectivity index (χ4n) is 2.46. The molecule has 0 saturated carbocycles. The van der Waals surface area contributed by atoms with Gasteiger partial charge in [0, 0.05) is 6.42 Å². The summed E-state index contributed by atoms with van der Waals surface area (Å²) in [4.78, 5) is 25.8. The van der Waals surface area contributed by atoms with Gasteiger partial charge in [0.2, 0.25) is 5.88 Å². The predicted molar refractivity (Wildman–Crippen MR) is 78.4 cm³/mol. The van der Waals surface area contributed by atoms with Gasteiger partial charge in [0.1, 0.15) is 11.4 Å². The number of carbonyl (C=O) groups is 1. The number of halogens is 1. The number of aromatic nitrogens is 3. The molecule has 0 unspecified atom stereocenters. The number of rotatable bonds is 3. The highest BCUT2D eigenvalue weighted by atomic mass is 19.1. The van der Waals surface area contributed by atoms with Gasteiger partial charge >= 0.3 is 5.97 Å². The molecule has 0 spiro atoms. The lowest BCUT2D eigenvalue weighted by Crippen LogP contribution is -2.17. The fourth-order valence-corrected chi connectivity index (χ4v) is 2.46. The molecule has 1 aromatic carbocycles. The first-order chi connectivity index (χ1) is 10.9. The normalized spacial score (nSPS) is 11.0. The van der Waals surface area contributed by atoms with Crippen molar-refractivity contribution in [1.29, 1.82) is 0 Å². The number of benzene rings is 1. The molecule has 0 fully saturated rings. The van der Waals surface area contributed by atoms with Crippen molar-refractivity contribution in [3.05, 3.63) is 62.8 Å². The van der Waals surface area contributed by atoms with Crippen LogP contribution in [-0.4, -0.2) is 30.8 Å². The summed E-state index contributed by atoms with van der Waals surface area (Å²) in [5.41, 5.74) is -0.728. The van der Waals surface area contributed by atoms with Crippen LogP contribution >= 0.6 is 0 Å². The highest BCUT2D eigenvalue weighted by Crippen LogP contribution is 2.22. The third-order valence-corrected chi connectivity index (χ3v) is 3.58. The van der Waals surface area contributed by atoms with Gasteiger partial charge in [-0.3, -0.25) is 4.79 Å². The van der Waals surface area contributed by atoms with Crippen molar-refractivity contribution in [2.75, 3.05) is 0 Å². The maximum atomic E-state index is 13.7. The van der Waals surface area contributed by atoms with Crippen molar-refractivity contribution in [1.82, 2.24) is 14.6 Å². The van der Waals surface area contributed by atoms with E-state index in [0.717, 1.165) is 4.52 Å². The Labute approximate surface area is 128 Å². The standard InChI is InChI=1S/C15H12FN3O4/c1-7-11(15(22)23)12-17-13(20)9(14(21)19(12)18-7)6-8-4-2-3-5-10(8)16/h2-5,21H,6H2,1H3,(H,17,20)(H,22,23). The second kappa shape index (κ2) is 5.24. The van der Waals surface area contributed by atoms with Crippen molar-refractivity contribution in [2.24, 2.45) is 0 Å². The van der Waals surface area contributed by atoms with E-state index in [1.54, 1.807) is 6.07 Å². The summed E-state index contributed by atoms with van der Waals surface area (Å²) in [7, 11) is 0. The first-order valence-corrected chi connectivity index (χ1v) is 6.70. The van der Waals surface area contributed by atoms with E-state index in [0.29, 0.717) is 0 Å². The van der Waals surface area contributed by atoms with Crippen LogP contribution in [0.3, 0.4) is 0 Å². The number of H-pyrrole nitrogens is 1. The Morgan fingerprint density at radius 2 is 2.09 bits per heavy atom. The maximum absolute atomic E-state index is 13.7. The van der Waals surface area contributed by atoms with Gasteiger partial charge < -0.3 is 15.2 Å². The highest BCUT2D eigenvalue weighted by Gasteiger charge is 2.22. The minimum Gasteiger partial charge on any atom is -0.493 e. The Bertz CT molecular complexity index is 990. The van der Waals surface area contributed by atoms with E-state index in [4.69, 9.17) is 5.11 Å². The Kier molecular flexibility index (Phi) is 3.36. The summed E-state index contributed by atoms with van der Waals surface area (Å²) >= 11 is 0. The monoisotopic (exact) mass is 317 g/mol. The highest BCUT2D eigenvalue weighted by molar-refractivity contribution is 5.95. The number of aromatic amines is 1. The molecule has 0 atom stereocenters. The molecule has 23 heavy (non-hydrogen) atoms. The summed E-state index contributed by atoms with van der Waals surface area (Å²) < 4.78 is 14.7. The molecule has 0 aliphatic rings. The fraction of sp³-hybridized carbons (Fsp3) is 0.133. The van der Waals surface area contributed by atoms with Crippen LogP contribution in [0.5, 0.6) is 5.88 Å². The number of carboxylic acids is 1. The quantitative estimate of drug-likeness (QED) is 0.678. The van der Waals surface area contributed by atoms with Crippen molar-refractivity contribution in [2.45, 2.75) is 13.3 Å². The molecule has 3 N–H and O–H groups in total. The molecule has 3 aromatic rings. The Morgan fingerprint density at radius 1 is 1.39 bits per heavy atom. The number of fused-ring (bicyclic) bond motifs is 1. The van der Waals surface area contributed by atoms with Gasteiger partial charge in [-0.05, 0) is 18.6 Å². The van der Waals surface area contributed by atoms with Crippen molar-refractivity contribution in [3.63, 3.8) is 0 Å². The van der Waals surface area contributed by atoms with Gasteiger partial charge in [0.25, 0.3) is 5.56 Å². The van der Waals surface area contributed by atoms with Crippen LogP contribution in [0.2, 0.25) is 0 Å². The number of aromatic hydroxyl groups is 1. The van der Waals surface area contributed by atoms with Gasteiger partial charge in [-0.25, -0.2) is 9.18 Å². The average Bonchev–Trinajstić information content (AvgIpc) is 2.81. The van der Waals surface area contributed by atoms with E-state index in [9.17, 15) is 19.1 Å². The summed E-state index contributed by atoms with van der Waals surface area (Å²) in [6, 6.07) is 5.88. The number of aromatic carboxylic acids is 1. The first kappa shape index (κ1) is 14.8. The molecule has 3 rings (SSSR count). The number of nitrogens with one attached hydrogen (secondary N) is 1. The summed E-state index contributed by atoms with van der Waals surface area (Å²) in [6.45, 7) is 1.45. The van der Waals surface area contributed by atoms with E-state index < -0.39 is 23.2 Å². The lowest BCUT2D eigenvalue weighted by atomic mass is 10.1. The minimum atomic E-state index is -1.27. The van der Waals surface area contributed by atoms with Gasteiger partial charge in [-0.15, -0.1) is 0 Å². The van der Waals surface area contributed by atoms with Crippen LogP contribution in [0.15, 0.2) is 29.1 Å². The topological polar surface area (TPSA) is 108 Å². The second-order valence-electron chi connectivity index (χ2n) is 5.05. The van der Waals surface area contributed by atoms with Crippen LogP contribution in [0.25, 0.3) is 5.65 Å². The summed E-state index contributed by atoms with van der Waals surface area (Å²) in [5, 5.41) is 23.4. The molecule has 0 amide bonds. The van der Waals surface area contributed by atoms with E-state index >= 15 is 0 Å². The zero-order valence-corrected chi connectivity index (χ0v) is 12.0. The summed E-state index contributed by atoms with van der Waals surface area (Å²) in [6.07, 6.45) is -0.148. The molecule has 118 valence electrons. The molecule has 0 aliphatic carbocycles. The Morgan fingerprint density at radius 3 is 2.74 bits per heavy atom. The molecule has 7 nitrogen and oxygen atoms in total. The molecular weight excluding hydrogens is 305 g/mol. The van der Waals surface area contributed by atoms with E-state index in [2.05, 4.69) is 10.1 Å². The predicted octanol–water partition coefficient (Wildman–Crippen LogP) is 1.46. The largest absolute Gasteiger partial charge is 0.493 e. The van der Waals surface area contributed by atoms with E-state index in [1.165, 1.54) is 25.1 Å². The lowest BCUT2D eigenvalue weighted by molar-refractivity contribution is 0.0698. The van der Waals surface area contributed by atoms with Gasteiger partial charge in [0.15, 0.2) is 5.65 Å². The molecule has 0 radical (unpaired) electrons. The van der Waals surface area contributed by atoms with E-state index in [-0.39, 0.29) is 34.5 Å². The zero-order valence-electron chi connectivity index (χ0n) is 12.0. The maximum Gasteiger partial charge on any atom is 0.341 e. The smallest absolute Gasteiger partial charge is 0.341 e. The molecule has 0 bridgehead atoms. The number of carboxylic acid groups (broad SMARTS) is 1. The molecule has 2 heterocycles. The Hall–Kier alpha value is -3.16. The average molecular weight is 317 g/mol.